The first-order valence-corrected chi connectivity index (χ1v) is 25.4. The second-order valence-electron chi connectivity index (χ2n) is 16.3. The Morgan fingerprint density at radius 2 is 0.619 bits per heavy atom. The van der Waals surface area contributed by atoms with Gasteiger partial charge in [0.25, 0.3) is 0 Å². The fourth-order valence-corrected chi connectivity index (χ4v) is 6.45. The zero-order valence-electron chi connectivity index (χ0n) is 40.5. The van der Waals surface area contributed by atoms with Crippen LogP contribution in [0.3, 0.4) is 0 Å². The fraction of sp³-hybridized carbons (Fsp3) is 0.632. The number of unbranched alkanes of at least 4 members (excludes halogenated alkanes) is 15. The molecule has 0 amide bonds. The molecule has 0 aromatic carbocycles. The van der Waals surface area contributed by atoms with Crippen LogP contribution in [0, 0.1) is 0 Å². The fourth-order valence-electron chi connectivity index (χ4n) is 6.45. The van der Waals surface area contributed by atoms with E-state index in [1.165, 1.54) is 38.5 Å². The molecule has 63 heavy (non-hydrogen) atoms. The van der Waals surface area contributed by atoms with Gasteiger partial charge >= 0.3 is 17.9 Å². The third-order valence-electron chi connectivity index (χ3n) is 10.3. The van der Waals surface area contributed by atoms with Gasteiger partial charge in [-0.15, -0.1) is 0 Å². The van der Waals surface area contributed by atoms with Crippen molar-refractivity contribution in [3.05, 3.63) is 109 Å². The minimum absolute atomic E-state index is 0.100. The summed E-state index contributed by atoms with van der Waals surface area (Å²) in [6, 6.07) is 0. The standard InChI is InChI=1S/C57H92O6/c1-4-7-10-13-15-17-19-21-23-25-27-28-30-31-33-35-37-39-41-44-47-50-56(59)62-53-54(52-61-55(58)49-46-43-12-9-6-3)63-57(60)51-48-45-42-40-38-36-34-32-29-26-24-22-20-18-16-14-11-8-5-2/h7,10,15-18,21-24,27-29,31-33,37,39,54H,4-6,8-9,11-14,19-20,25-26,30,34-36,38,40-53H2,1-3H3/b10-7-,17-15-,18-16-,23-21-,24-22-,28-27-,32-29-,33-31-,39-37-. The Morgan fingerprint density at radius 1 is 0.333 bits per heavy atom. The molecule has 0 radical (unpaired) electrons. The third kappa shape index (κ3) is 49.0. The van der Waals surface area contributed by atoms with Crippen LogP contribution in [0.15, 0.2) is 109 Å². The zero-order valence-corrected chi connectivity index (χ0v) is 40.5. The van der Waals surface area contributed by atoms with E-state index in [0.717, 1.165) is 128 Å². The van der Waals surface area contributed by atoms with Crippen molar-refractivity contribution in [2.75, 3.05) is 13.2 Å². The molecule has 356 valence electrons. The minimum atomic E-state index is -0.801. The number of carbonyl (C=O) groups is 3. The summed E-state index contributed by atoms with van der Waals surface area (Å²) < 4.78 is 16.6. The second-order valence-corrected chi connectivity index (χ2v) is 16.3. The average molecular weight is 873 g/mol. The summed E-state index contributed by atoms with van der Waals surface area (Å²) in [5, 5.41) is 0. The van der Waals surface area contributed by atoms with E-state index >= 15 is 0 Å². The van der Waals surface area contributed by atoms with E-state index in [1.54, 1.807) is 0 Å². The number of esters is 3. The lowest BCUT2D eigenvalue weighted by Gasteiger charge is -2.18. The van der Waals surface area contributed by atoms with Crippen molar-refractivity contribution < 1.29 is 28.6 Å². The Balaban J connectivity index is 4.31. The molecule has 1 atom stereocenters. The molecule has 0 aliphatic heterocycles. The van der Waals surface area contributed by atoms with Gasteiger partial charge in [-0.25, -0.2) is 0 Å². The molecule has 0 aromatic rings. The van der Waals surface area contributed by atoms with Crippen molar-refractivity contribution >= 4 is 17.9 Å². The van der Waals surface area contributed by atoms with E-state index in [1.807, 2.05) is 0 Å². The Morgan fingerprint density at radius 3 is 1.03 bits per heavy atom. The van der Waals surface area contributed by atoms with Crippen molar-refractivity contribution in [3.63, 3.8) is 0 Å². The molecule has 0 bridgehead atoms. The zero-order chi connectivity index (χ0) is 45.8. The summed E-state index contributed by atoms with van der Waals surface area (Å²) in [4.78, 5) is 37.7. The van der Waals surface area contributed by atoms with Gasteiger partial charge in [-0.1, -0.05) is 194 Å². The molecule has 0 saturated heterocycles. The van der Waals surface area contributed by atoms with E-state index in [0.29, 0.717) is 25.7 Å². The van der Waals surface area contributed by atoms with Crippen LogP contribution in [-0.2, 0) is 28.6 Å². The van der Waals surface area contributed by atoms with Gasteiger partial charge in [0.15, 0.2) is 6.10 Å². The molecule has 0 N–H and O–H groups in total. The van der Waals surface area contributed by atoms with Crippen LogP contribution in [-0.4, -0.2) is 37.2 Å². The first kappa shape index (κ1) is 59.1. The van der Waals surface area contributed by atoms with E-state index in [2.05, 4.69) is 130 Å². The molecule has 0 aliphatic rings. The van der Waals surface area contributed by atoms with Crippen LogP contribution in [0.5, 0.6) is 0 Å². The van der Waals surface area contributed by atoms with Crippen LogP contribution >= 0.6 is 0 Å². The lowest BCUT2D eigenvalue weighted by atomic mass is 10.1. The molecule has 0 spiro atoms. The summed E-state index contributed by atoms with van der Waals surface area (Å²) in [5.74, 6) is -0.980. The lowest BCUT2D eigenvalue weighted by Crippen LogP contribution is -2.30. The van der Waals surface area contributed by atoms with Gasteiger partial charge in [0.05, 0.1) is 0 Å². The van der Waals surface area contributed by atoms with Crippen molar-refractivity contribution in [1.82, 2.24) is 0 Å². The largest absolute Gasteiger partial charge is 0.462 e. The molecule has 1 unspecified atom stereocenters. The van der Waals surface area contributed by atoms with Gasteiger partial charge in [0.2, 0.25) is 0 Å². The Labute approximate surface area is 387 Å². The molecule has 6 nitrogen and oxygen atoms in total. The van der Waals surface area contributed by atoms with Crippen LogP contribution < -0.4 is 0 Å². The molecular weight excluding hydrogens is 781 g/mol. The maximum Gasteiger partial charge on any atom is 0.306 e. The van der Waals surface area contributed by atoms with E-state index in [9.17, 15) is 14.4 Å². The molecule has 0 saturated carbocycles. The summed E-state index contributed by atoms with van der Waals surface area (Å²) >= 11 is 0. The van der Waals surface area contributed by atoms with Crippen molar-refractivity contribution in [1.29, 1.82) is 0 Å². The quantitative estimate of drug-likeness (QED) is 0.0263. The summed E-state index contributed by atoms with van der Waals surface area (Å²) in [7, 11) is 0. The maximum atomic E-state index is 12.7. The van der Waals surface area contributed by atoms with Crippen LogP contribution in [0.1, 0.15) is 213 Å². The highest BCUT2D eigenvalue weighted by molar-refractivity contribution is 5.71. The molecule has 0 aromatic heterocycles. The van der Waals surface area contributed by atoms with Crippen molar-refractivity contribution in [2.45, 2.75) is 219 Å². The molecule has 6 heteroatoms. The number of rotatable bonds is 44. The summed E-state index contributed by atoms with van der Waals surface area (Å²) in [6.45, 7) is 6.34. The lowest BCUT2D eigenvalue weighted by molar-refractivity contribution is -0.167. The van der Waals surface area contributed by atoms with Gasteiger partial charge in [0, 0.05) is 19.3 Å². The van der Waals surface area contributed by atoms with Gasteiger partial charge < -0.3 is 14.2 Å². The van der Waals surface area contributed by atoms with Gasteiger partial charge in [-0.2, -0.15) is 0 Å². The average Bonchev–Trinajstić information content (AvgIpc) is 3.28. The maximum absolute atomic E-state index is 12.7. The number of allylic oxidation sites excluding steroid dienone is 18. The first-order chi connectivity index (χ1) is 31.0. The molecule has 0 rings (SSSR count). The molecular formula is C57H92O6. The highest BCUT2D eigenvalue weighted by Gasteiger charge is 2.19. The molecule has 0 aliphatic carbocycles. The third-order valence-corrected chi connectivity index (χ3v) is 10.3. The number of hydrogen-bond donors (Lipinski definition) is 0. The van der Waals surface area contributed by atoms with Crippen molar-refractivity contribution in [2.24, 2.45) is 0 Å². The Bertz CT molecular complexity index is 1330. The predicted molar refractivity (Wildman–Crippen MR) is 270 cm³/mol. The Hall–Kier alpha value is -3.93. The molecule has 0 fully saturated rings. The monoisotopic (exact) mass is 873 g/mol. The topological polar surface area (TPSA) is 78.9 Å². The summed E-state index contributed by atoms with van der Waals surface area (Å²) in [5.41, 5.74) is 0. The predicted octanol–water partition coefficient (Wildman–Crippen LogP) is 16.8. The van der Waals surface area contributed by atoms with Crippen LogP contribution in [0.2, 0.25) is 0 Å². The van der Waals surface area contributed by atoms with Gasteiger partial charge in [0.1, 0.15) is 13.2 Å². The van der Waals surface area contributed by atoms with Gasteiger partial charge in [-0.05, 0) is 109 Å². The highest BCUT2D eigenvalue weighted by Crippen LogP contribution is 2.12. The smallest absolute Gasteiger partial charge is 0.306 e. The van der Waals surface area contributed by atoms with Gasteiger partial charge in [-0.3, -0.25) is 14.4 Å². The normalized spacial score (nSPS) is 13.0. The van der Waals surface area contributed by atoms with Crippen LogP contribution in [0.4, 0.5) is 0 Å². The second kappa shape index (κ2) is 50.7. The van der Waals surface area contributed by atoms with Crippen molar-refractivity contribution in [3.8, 4) is 0 Å². The van der Waals surface area contributed by atoms with Crippen LogP contribution in [0.25, 0.3) is 0 Å². The first-order valence-electron chi connectivity index (χ1n) is 25.4. The Kier molecular flexibility index (Phi) is 47.5. The van der Waals surface area contributed by atoms with E-state index in [4.69, 9.17) is 14.2 Å². The summed E-state index contributed by atoms with van der Waals surface area (Å²) in [6.07, 6.45) is 68.2. The number of ether oxygens (including phenoxy) is 3. The highest BCUT2D eigenvalue weighted by atomic mass is 16.6. The minimum Gasteiger partial charge on any atom is -0.462 e. The molecule has 0 heterocycles. The number of carbonyl (C=O) groups excluding carboxylic acids is 3. The number of hydrogen-bond acceptors (Lipinski definition) is 6. The van der Waals surface area contributed by atoms with E-state index in [-0.39, 0.29) is 31.1 Å². The van der Waals surface area contributed by atoms with E-state index < -0.39 is 6.10 Å². The SMILES string of the molecule is CC/C=C\C/C=C\C/C=C\C/C=C\C/C=C\C/C=C\CCCCC(=O)OCC(COC(=O)CCCCCCC)OC(=O)CCCCCCCC/C=C\C/C=C\C/C=C\CCCCC.